The number of hydrogen-bond acceptors (Lipinski definition) is 3. The number of nitrogens with zero attached hydrogens (tertiary/aromatic N) is 2. The van der Waals surface area contributed by atoms with Crippen molar-refractivity contribution in [3.05, 3.63) is 35.4 Å². The Bertz CT molecular complexity index is 673. The summed E-state index contributed by atoms with van der Waals surface area (Å²) in [6.07, 6.45) is 5.62. The van der Waals surface area contributed by atoms with E-state index in [4.69, 9.17) is 0 Å². The van der Waals surface area contributed by atoms with Crippen LogP contribution in [-0.2, 0) is 16.4 Å². The molecule has 3 aliphatic heterocycles. The summed E-state index contributed by atoms with van der Waals surface area (Å²) in [6.45, 7) is 2.87. The van der Waals surface area contributed by atoms with E-state index in [1.807, 2.05) is 0 Å². The zero-order valence-electron chi connectivity index (χ0n) is 13.1. The van der Waals surface area contributed by atoms with Gasteiger partial charge in [0.15, 0.2) is 0 Å². The van der Waals surface area contributed by atoms with Crippen molar-refractivity contribution in [3.8, 4) is 0 Å². The molecule has 4 nitrogen and oxygen atoms in total. The molecule has 0 aromatic heterocycles. The number of sulfonamides is 1. The van der Waals surface area contributed by atoms with Gasteiger partial charge in [-0.15, -0.1) is 0 Å². The molecular formula is C17H24N2O2S. The summed E-state index contributed by atoms with van der Waals surface area (Å²) in [5.41, 5.74) is 2.87. The van der Waals surface area contributed by atoms with Crippen molar-refractivity contribution in [1.29, 1.82) is 0 Å². The van der Waals surface area contributed by atoms with Crippen molar-refractivity contribution in [3.63, 3.8) is 0 Å². The molecule has 120 valence electrons. The summed E-state index contributed by atoms with van der Waals surface area (Å²) in [4.78, 5) is 2.59. The molecule has 2 saturated heterocycles. The van der Waals surface area contributed by atoms with Crippen molar-refractivity contribution in [2.75, 3.05) is 25.9 Å². The summed E-state index contributed by atoms with van der Waals surface area (Å²) in [6, 6.07) is 9.28. The summed E-state index contributed by atoms with van der Waals surface area (Å²) in [7, 11) is -3.10. The highest BCUT2D eigenvalue weighted by Crippen LogP contribution is 2.43. The van der Waals surface area contributed by atoms with Crippen LogP contribution in [0.5, 0.6) is 0 Å². The van der Waals surface area contributed by atoms with Gasteiger partial charge in [0.1, 0.15) is 0 Å². The van der Waals surface area contributed by atoms with Gasteiger partial charge in [-0.05, 0) is 42.7 Å². The molecule has 3 atom stereocenters. The number of hydrogen-bond donors (Lipinski definition) is 0. The standard InChI is InChI=1S/C17H24N2O2S/c1-22(20,21)19-9-4-6-14-12-18-10-8-13-5-2-3-7-15(13)17(18)11-16(14)19/h2-3,5,7,14,16-17H,4,6,8-12H2,1H3. The molecule has 0 radical (unpaired) electrons. The molecule has 1 aromatic rings. The second-order valence-corrected chi connectivity index (χ2v) is 8.97. The molecule has 0 bridgehead atoms. The maximum atomic E-state index is 12.2. The van der Waals surface area contributed by atoms with Crippen molar-refractivity contribution in [1.82, 2.24) is 9.21 Å². The first-order valence-electron chi connectivity index (χ1n) is 8.33. The largest absolute Gasteiger partial charge is 0.296 e. The molecule has 3 unspecified atom stereocenters. The predicted octanol–water partition coefficient (Wildman–Crippen LogP) is 2.03. The summed E-state index contributed by atoms with van der Waals surface area (Å²) < 4.78 is 26.1. The van der Waals surface area contributed by atoms with Gasteiger partial charge in [0.25, 0.3) is 0 Å². The quantitative estimate of drug-likeness (QED) is 0.795. The van der Waals surface area contributed by atoms with Gasteiger partial charge in [-0.3, -0.25) is 4.90 Å². The van der Waals surface area contributed by atoms with Crippen LogP contribution in [0, 0.1) is 5.92 Å². The lowest BCUT2D eigenvalue weighted by Gasteiger charge is -2.51. The molecular weight excluding hydrogens is 296 g/mol. The normalized spacial score (nSPS) is 32.9. The number of piperidine rings is 2. The van der Waals surface area contributed by atoms with Crippen molar-refractivity contribution < 1.29 is 8.42 Å². The Labute approximate surface area is 133 Å². The van der Waals surface area contributed by atoms with Gasteiger partial charge < -0.3 is 0 Å². The smallest absolute Gasteiger partial charge is 0.211 e. The summed E-state index contributed by atoms with van der Waals surface area (Å²) in [5, 5.41) is 0. The highest BCUT2D eigenvalue weighted by Gasteiger charge is 2.44. The molecule has 0 saturated carbocycles. The van der Waals surface area contributed by atoms with Crippen molar-refractivity contribution in [2.45, 2.75) is 37.8 Å². The molecule has 0 amide bonds. The Morgan fingerprint density at radius 3 is 2.82 bits per heavy atom. The minimum atomic E-state index is -3.10. The minimum Gasteiger partial charge on any atom is -0.296 e. The lowest BCUT2D eigenvalue weighted by atomic mass is 9.77. The van der Waals surface area contributed by atoms with E-state index in [0.29, 0.717) is 18.5 Å². The van der Waals surface area contributed by atoms with Gasteiger partial charge in [-0.25, -0.2) is 8.42 Å². The Kier molecular flexibility index (Phi) is 3.55. The lowest BCUT2D eigenvalue weighted by molar-refractivity contribution is 0.0222. The highest BCUT2D eigenvalue weighted by molar-refractivity contribution is 7.88. The fraction of sp³-hybridized carbons (Fsp3) is 0.647. The summed E-state index contributed by atoms with van der Waals surface area (Å²) in [5.74, 6) is 0.505. The van der Waals surface area contributed by atoms with Crippen molar-refractivity contribution in [2.24, 2.45) is 5.92 Å². The molecule has 1 aromatic carbocycles. The molecule has 22 heavy (non-hydrogen) atoms. The van der Waals surface area contributed by atoms with Crippen LogP contribution in [0.1, 0.15) is 36.4 Å². The van der Waals surface area contributed by atoms with E-state index in [-0.39, 0.29) is 6.04 Å². The van der Waals surface area contributed by atoms with Crippen LogP contribution in [0.3, 0.4) is 0 Å². The molecule has 4 rings (SSSR count). The topological polar surface area (TPSA) is 40.6 Å². The molecule has 0 aliphatic carbocycles. The summed E-state index contributed by atoms with van der Waals surface area (Å²) >= 11 is 0. The minimum absolute atomic E-state index is 0.191. The van der Waals surface area contributed by atoms with E-state index in [1.54, 1.807) is 4.31 Å². The van der Waals surface area contributed by atoms with E-state index in [9.17, 15) is 8.42 Å². The second kappa shape index (κ2) is 5.32. The Hall–Kier alpha value is -0.910. The van der Waals surface area contributed by atoms with Crippen LogP contribution in [0.4, 0.5) is 0 Å². The van der Waals surface area contributed by atoms with Gasteiger partial charge in [0, 0.05) is 31.7 Å². The first kappa shape index (κ1) is 14.7. The van der Waals surface area contributed by atoms with E-state index in [2.05, 4.69) is 29.2 Å². The molecule has 3 heterocycles. The molecule has 2 fully saturated rings. The van der Waals surface area contributed by atoms with Crippen LogP contribution < -0.4 is 0 Å². The first-order valence-corrected chi connectivity index (χ1v) is 10.2. The van der Waals surface area contributed by atoms with Crippen LogP contribution >= 0.6 is 0 Å². The SMILES string of the molecule is CS(=O)(=O)N1CCCC2CN3CCc4ccccc4C3CC21. The molecule has 0 N–H and O–H groups in total. The average Bonchev–Trinajstić information content (AvgIpc) is 2.51. The Balaban J connectivity index is 1.67. The highest BCUT2D eigenvalue weighted by atomic mass is 32.2. The fourth-order valence-corrected chi connectivity index (χ4v) is 5.98. The maximum Gasteiger partial charge on any atom is 0.211 e. The van der Waals surface area contributed by atoms with Gasteiger partial charge >= 0.3 is 0 Å². The number of fused-ring (bicyclic) bond motifs is 4. The van der Waals surface area contributed by atoms with Crippen LogP contribution in [-0.4, -0.2) is 49.6 Å². The second-order valence-electron chi connectivity index (χ2n) is 7.04. The molecule has 3 aliphatic rings. The van der Waals surface area contributed by atoms with E-state index >= 15 is 0 Å². The third-order valence-electron chi connectivity index (χ3n) is 5.75. The van der Waals surface area contributed by atoms with E-state index in [1.165, 1.54) is 23.8 Å². The predicted molar refractivity (Wildman–Crippen MR) is 87.1 cm³/mol. The van der Waals surface area contributed by atoms with E-state index in [0.717, 1.165) is 32.4 Å². The Morgan fingerprint density at radius 2 is 2.00 bits per heavy atom. The third kappa shape index (κ3) is 2.39. The monoisotopic (exact) mass is 320 g/mol. The fourth-order valence-electron chi connectivity index (χ4n) is 4.77. The number of benzene rings is 1. The number of rotatable bonds is 1. The average molecular weight is 320 g/mol. The van der Waals surface area contributed by atoms with Crippen LogP contribution in [0.25, 0.3) is 0 Å². The molecule has 0 spiro atoms. The van der Waals surface area contributed by atoms with Gasteiger partial charge in [0.05, 0.1) is 6.26 Å². The Morgan fingerprint density at radius 1 is 1.18 bits per heavy atom. The zero-order valence-corrected chi connectivity index (χ0v) is 13.9. The third-order valence-corrected chi connectivity index (χ3v) is 7.06. The van der Waals surface area contributed by atoms with E-state index < -0.39 is 10.0 Å². The maximum absolute atomic E-state index is 12.2. The van der Waals surface area contributed by atoms with Gasteiger partial charge in [-0.1, -0.05) is 24.3 Å². The lowest BCUT2D eigenvalue weighted by Crippen LogP contribution is -2.57. The van der Waals surface area contributed by atoms with Gasteiger partial charge in [-0.2, -0.15) is 4.31 Å². The van der Waals surface area contributed by atoms with Crippen LogP contribution in [0.15, 0.2) is 24.3 Å². The van der Waals surface area contributed by atoms with Crippen molar-refractivity contribution >= 4 is 10.0 Å². The van der Waals surface area contributed by atoms with Gasteiger partial charge in [0.2, 0.25) is 10.0 Å². The zero-order chi connectivity index (χ0) is 15.3. The van der Waals surface area contributed by atoms with Crippen LogP contribution in [0.2, 0.25) is 0 Å². The first-order chi connectivity index (χ1) is 10.5. The molecule has 5 heteroatoms.